The maximum atomic E-state index is 12.1. The predicted molar refractivity (Wildman–Crippen MR) is 104 cm³/mol. The van der Waals surface area contributed by atoms with Gasteiger partial charge in [-0.15, -0.1) is 0 Å². The molecule has 0 amide bonds. The van der Waals surface area contributed by atoms with Crippen LogP contribution in [0.5, 0.6) is 0 Å². The molecule has 1 rings (SSSR count). The Morgan fingerprint density at radius 1 is 1.28 bits per heavy atom. The molecule has 5 heteroatoms. The monoisotopic (exact) mass is 368 g/mol. The van der Waals surface area contributed by atoms with Gasteiger partial charge in [-0.1, -0.05) is 38.3 Å². The summed E-state index contributed by atoms with van der Waals surface area (Å²) in [5.74, 6) is 1.73. The third-order valence-corrected chi connectivity index (χ3v) is 5.43. The smallest absolute Gasteiger partial charge is 0.305 e. The topological polar surface area (TPSA) is 63.6 Å². The van der Waals surface area contributed by atoms with Gasteiger partial charge in [0.15, 0.2) is 5.78 Å². The first-order chi connectivity index (χ1) is 12.1. The fourth-order valence-electron chi connectivity index (χ4n) is 2.76. The van der Waals surface area contributed by atoms with E-state index >= 15 is 0 Å². The van der Waals surface area contributed by atoms with E-state index < -0.39 is 6.10 Å². The maximum absolute atomic E-state index is 12.1. The molecule has 0 spiro atoms. The Balaban J connectivity index is 2.36. The van der Waals surface area contributed by atoms with Gasteiger partial charge in [0.25, 0.3) is 0 Å². The van der Waals surface area contributed by atoms with Crippen molar-refractivity contribution in [1.82, 2.24) is 0 Å². The van der Waals surface area contributed by atoms with Crippen LogP contribution >= 0.6 is 11.8 Å². The van der Waals surface area contributed by atoms with Crippen molar-refractivity contribution in [2.75, 3.05) is 18.6 Å². The van der Waals surface area contributed by atoms with Crippen LogP contribution in [0.2, 0.25) is 0 Å². The molecule has 0 saturated carbocycles. The molecule has 1 unspecified atom stereocenters. The van der Waals surface area contributed by atoms with Crippen molar-refractivity contribution in [3.63, 3.8) is 0 Å². The molecule has 0 fully saturated rings. The van der Waals surface area contributed by atoms with Gasteiger partial charge < -0.3 is 9.84 Å². The van der Waals surface area contributed by atoms with Crippen LogP contribution in [0.15, 0.2) is 23.3 Å². The minimum absolute atomic E-state index is 0.163. The number of unbranched alkanes of at least 4 members (excludes halogenated alkanes) is 3. The average Bonchev–Trinajstić information content (AvgIpc) is 2.96. The summed E-state index contributed by atoms with van der Waals surface area (Å²) in [6.45, 7) is 2.15. The number of aliphatic hydroxyl groups is 1. The van der Waals surface area contributed by atoms with E-state index in [0.29, 0.717) is 12.8 Å². The highest BCUT2D eigenvalue weighted by atomic mass is 32.2. The third kappa shape index (κ3) is 9.26. The Morgan fingerprint density at radius 3 is 2.80 bits per heavy atom. The van der Waals surface area contributed by atoms with Crippen molar-refractivity contribution in [2.45, 2.75) is 70.8 Å². The molecule has 0 aliphatic heterocycles. The summed E-state index contributed by atoms with van der Waals surface area (Å²) in [5, 5.41) is 9.99. The number of ketones is 1. The molecule has 1 N–H and O–H groups in total. The van der Waals surface area contributed by atoms with Crippen LogP contribution in [-0.2, 0) is 14.3 Å². The minimum atomic E-state index is -0.415. The number of ether oxygens (including phenoxy) is 1. The van der Waals surface area contributed by atoms with Gasteiger partial charge in [0.2, 0.25) is 0 Å². The molecule has 1 aliphatic rings. The summed E-state index contributed by atoms with van der Waals surface area (Å²) < 4.78 is 4.62. The maximum Gasteiger partial charge on any atom is 0.305 e. The summed E-state index contributed by atoms with van der Waals surface area (Å²) in [7, 11) is 1.41. The van der Waals surface area contributed by atoms with Crippen LogP contribution in [0.3, 0.4) is 0 Å². The molecule has 0 saturated heterocycles. The molecular formula is C20H32O4S. The standard InChI is InChI=1S/C20H32O4S/c1-3-4-5-8-17(21)12-10-16-11-13-19(22)18(16)15-25-14-7-6-9-20(23)24-2/h10,12,17,21H,3-9,11,13-15H2,1-2H3/b12-10+. The van der Waals surface area contributed by atoms with Crippen molar-refractivity contribution < 1.29 is 19.4 Å². The van der Waals surface area contributed by atoms with Gasteiger partial charge in [0.1, 0.15) is 0 Å². The lowest BCUT2D eigenvalue weighted by Gasteiger charge is -2.06. The second kappa shape index (κ2) is 13.2. The number of hydrogen-bond donors (Lipinski definition) is 1. The van der Waals surface area contributed by atoms with E-state index in [1.807, 2.05) is 12.2 Å². The number of hydrogen-bond acceptors (Lipinski definition) is 5. The molecule has 0 bridgehead atoms. The number of rotatable bonds is 13. The molecule has 1 aliphatic carbocycles. The van der Waals surface area contributed by atoms with E-state index in [1.54, 1.807) is 11.8 Å². The lowest BCUT2D eigenvalue weighted by Crippen LogP contribution is -2.03. The van der Waals surface area contributed by atoms with Crippen molar-refractivity contribution >= 4 is 23.5 Å². The SMILES string of the molecule is CCCCCC(O)/C=C/C1=C(CSCCCCC(=O)OC)C(=O)CC1. The van der Waals surface area contributed by atoms with Crippen LogP contribution in [0.4, 0.5) is 0 Å². The van der Waals surface area contributed by atoms with E-state index in [2.05, 4.69) is 11.7 Å². The number of carbonyl (C=O) groups excluding carboxylic acids is 2. The lowest BCUT2D eigenvalue weighted by molar-refractivity contribution is -0.140. The number of carbonyl (C=O) groups is 2. The zero-order valence-corrected chi connectivity index (χ0v) is 16.4. The number of esters is 1. The molecule has 0 aromatic carbocycles. The molecule has 0 aromatic heterocycles. The highest BCUT2D eigenvalue weighted by Gasteiger charge is 2.21. The van der Waals surface area contributed by atoms with Crippen molar-refractivity contribution in [1.29, 1.82) is 0 Å². The van der Waals surface area contributed by atoms with Gasteiger partial charge in [0, 0.05) is 24.2 Å². The van der Waals surface area contributed by atoms with Crippen LogP contribution < -0.4 is 0 Å². The van der Waals surface area contributed by atoms with Crippen molar-refractivity contribution in [3.8, 4) is 0 Å². The number of thioether (sulfide) groups is 1. The Hall–Kier alpha value is -1.07. The zero-order valence-electron chi connectivity index (χ0n) is 15.6. The quantitative estimate of drug-likeness (QED) is 0.389. The molecule has 0 heterocycles. The Kier molecular flexibility index (Phi) is 11.6. The van der Waals surface area contributed by atoms with Gasteiger partial charge >= 0.3 is 5.97 Å². The fourth-order valence-corrected chi connectivity index (χ4v) is 3.87. The number of aliphatic hydroxyl groups excluding tert-OH is 1. The third-order valence-electron chi connectivity index (χ3n) is 4.36. The molecule has 0 aromatic rings. The molecule has 1 atom stereocenters. The van der Waals surface area contributed by atoms with Crippen LogP contribution in [0, 0.1) is 0 Å². The molecule has 0 radical (unpaired) electrons. The van der Waals surface area contributed by atoms with E-state index in [9.17, 15) is 14.7 Å². The predicted octanol–water partition coefficient (Wildman–Crippen LogP) is 4.22. The Bertz CT molecular complexity index is 482. The average molecular weight is 369 g/mol. The summed E-state index contributed by atoms with van der Waals surface area (Å²) in [6.07, 6.45) is 11.1. The van der Waals surface area contributed by atoms with Crippen molar-refractivity contribution in [3.05, 3.63) is 23.3 Å². The second-order valence-electron chi connectivity index (χ2n) is 6.44. The van der Waals surface area contributed by atoms with Gasteiger partial charge in [-0.25, -0.2) is 0 Å². The first-order valence-corrected chi connectivity index (χ1v) is 10.5. The van der Waals surface area contributed by atoms with Crippen LogP contribution in [0.25, 0.3) is 0 Å². The summed E-state index contributed by atoms with van der Waals surface area (Å²) >= 11 is 1.74. The molecule has 4 nitrogen and oxygen atoms in total. The molecular weight excluding hydrogens is 336 g/mol. The van der Waals surface area contributed by atoms with Crippen LogP contribution in [0.1, 0.15) is 64.7 Å². The van der Waals surface area contributed by atoms with Crippen LogP contribution in [-0.4, -0.2) is 41.6 Å². The van der Waals surface area contributed by atoms with E-state index in [1.165, 1.54) is 7.11 Å². The number of methoxy groups -OCH3 is 1. The van der Waals surface area contributed by atoms with Gasteiger partial charge in [-0.2, -0.15) is 11.8 Å². The molecule has 25 heavy (non-hydrogen) atoms. The number of Topliss-reactive ketones (excluding diaryl/α,β-unsaturated/α-hetero) is 1. The summed E-state index contributed by atoms with van der Waals surface area (Å²) in [4.78, 5) is 23.1. The Morgan fingerprint density at radius 2 is 2.08 bits per heavy atom. The van der Waals surface area contributed by atoms with E-state index in [4.69, 9.17) is 0 Å². The zero-order chi connectivity index (χ0) is 18.5. The lowest BCUT2D eigenvalue weighted by atomic mass is 10.1. The van der Waals surface area contributed by atoms with E-state index in [0.717, 1.165) is 67.6 Å². The second-order valence-corrected chi connectivity index (χ2v) is 7.54. The number of allylic oxidation sites excluding steroid dienone is 2. The van der Waals surface area contributed by atoms with E-state index in [-0.39, 0.29) is 11.8 Å². The minimum Gasteiger partial charge on any atom is -0.469 e. The first kappa shape index (κ1) is 22.0. The fraction of sp³-hybridized carbons (Fsp3) is 0.700. The largest absolute Gasteiger partial charge is 0.469 e. The first-order valence-electron chi connectivity index (χ1n) is 9.34. The van der Waals surface area contributed by atoms with Gasteiger partial charge in [0.05, 0.1) is 13.2 Å². The van der Waals surface area contributed by atoms with Gasteiger partial charge in [-0.05, 0) is 37.0 Å². The van der Waals surface area contributed by atoms with Gasteiger partial charge in [-0.3, -0.25) is 9.59 Å². The normalized spacial score (nSPS) is 16.0. The highest BCUT2D eigenvalue weighted by molar-refractivity contribution is 7.99. The summed E-state index contributed by atoms with van der Waals surface area (Å²) in [6, 6.07) is 0. The highest BCUT2D eigenvalue weighted by Crippen LogP contribution is 2.27. The molecule has 142 valence electrons. The Labute approximate surface area is 156 Å². The van der Waals surface area contributed by atoms with Crippen molar-refractivity contribution in [2.24, 2.45) is 0 Å². The summed E-state index contributed by atoms with van der Waals surface area (Å²) in [5.41, 5.74) is 2.00.